The highest BCUT2D eigenvalue weighted by molar-refractivity contribution is 5.72. The molecule has 0 saturated carbocycles. The van der Waals surface area contributed by atoms with Gasteiger partial charge in [-0.15, -0.1) is 0 Å². The molecule has 1 aromatic carbocycles. The smallest absolute Gasteiger partial charge is 0.231 e. The number of hydrogen-bond acceptors (Lipinski definition) is 3. The lowest BCUT2D eigenvalue weighted by atomic mass is 9.99. The Morgan fingerprint density at radius 3 is 2.94 bits per heavy atom. The predicted molar refractivity (Wildman–Crippen MR) is 65.3 cm³/mol. The number of carbonyl (C=O) groups is 1. The molecule has 1 aliphatic heterocycles. The van der Waals surface area contributed by atoms with E-state index in [9.17, 15) is 4.79 Å². The molecule has 0 aliphatic carbocycles. The fourth-order valence-electron chi connectivity index (χ4n) is 1.99. The van der Waals surface area contributed by atoms with Gasteiger partial charge in [-0.1, -0.05) is 19.1 Å². The Morgan fingerprint density at radius 1 is 1.41 bits per heavy atom. The lowest BCUT2D eigenvalue weighted by Crippen LogP contribution is -1.97. The number of rotatable bonds is 4. The van der Waals surface area contributed by atoms with E-state index >= 15 is 0 Å². The van der Waals surface area contributed by atoms with Crippen LogP contribution in [0.5, 0.6) is 11.5 Å². The second kappa shape index (κ2) is 5.04. The molecule has 0 fully saturated rings. The van der Waals surface area contributed by atoms with Crippen molar-refractivity contribution in [3.8, 4) is 11.5 Å². The van der Waals surface area contributed by atoms with E-state index in [-0.39, 0.29) is 0 Å². The van der Waals surface area contributed by atoms with Crippen LogP contribution in [0.2, 0.25) is 0 Å². The SMILES string of the molecule is C/C(C=O)=C\C(C)Cc1ccc2c(c1)OCO2. The minimum Gasteiger partial charge on any atom is -0.454 e. The van der Waals surface area contributed by atoms with Crippen LogP contribution in [0.4, 0.5) is 0 Å². The molecular formula is C14H16O3. The maximum absolute atomic E-state index is 10.5. The number of carbonyl (C=O) groups excluding carboxylic acids is 1. The second-order valence-corrected chi connectivity index (χ2v) is 4.40. The van der Waals surface area contributed by atoms with Crippen LogP contribution in [0.1, 0.15) is 19.4 Å². The van der Waals surface area contributed by atoms with Crippen LogP contribution in [0, 0.1) is 5.92 Å². The molecule has 1 aliphatic rings. The molecule has 0 bridgehead atoms. The zero-order valence-electron chi connectivity index (χ0n) is 10.1. The summed E-state index contributed by atoms with van der Waals surface area (Å²) in [5, 5.41) is 0. The third-order valence-corrected chi connectivity index (χ3v) is 2.73. The lowest BCUT2D eigenvalue weighted by Gasteiger charge is -2.07. The molecule has 1 unspecified atom stereocenters. The van der Waals surface area contributed by atoms with Crippen LogP contribution in [-0.4, -0.2) is 13.1 Å². The van der Waals surface area contributed by atoms with Crippen LogP contribution in [-0.2, 0) is 11.2 Å². The fourth-order valence-corrected chi connectivity index (χ4v) is 1.99. The van der Waals surface area contributed by atoms with Crippen molar-refractivity contribution in [3.05, 3.63) is 35.4 Å². The number of benzene rings is 1. The first kappa shape index (κ1) is 11.7. The van der Waals surface area contributed by atoms with Crippen molar-refractivity contribution in [1.82, 2.24) is 0 Å². The Bertz CT molecular complexity index is 449. The van der Waals surface area contributed by atoms with Gasteiger partial charge in [0.2, 0.25) is 6.79 Å². The summed E-state index contributed by atoms with van der Waals surface area (Å²) in [6.45, 7) is 4.22. The van der Waals surface area contributed by atoms with Gasteiger partial charge in [0.05, 0.1) is 0 Å². The van der Waals surface area contributed by atoms with E-state index in [1.807, 2.05) is 31.2 Å². The Morgan fingerprint density at radius 2 is 2.18 bits per heavy atom. The number of fused-ring (bicyclic) bond motifs is 1. The fraction of sp³-hybridized carbons (Fsp3) is 0.357. The molecule has 2 rings (SSSR count). The van der Waals surface area contributed by atoms with E-state index in [1.165, 1.54) is 5.56 Å². The van der Waals surface area contributed by atoms with Gasteiger partial charge in [0.25, 0.3) is 0 Å². The van der Waals surface area contributed by atoms with Crippen LogP contribution in [0.3, 0.4) is 0 Å². The van der Waals surface area contributed by atoms with Crippen molar-refractivity contribution in [3.63, 3.8) is 0 Å². The Labute approximate surface area is 101 Å². The summed E-state index contributed by atoms with van der Waals surface area (Å²) < 4.78 is 10.6. The molecule has 0 radical (unpaired) electrons. The number of ether oxygens (including phenoxy) is 2. The average Bonchev–Trinajstić information content (AvgIpc) is 2.75. The van der Waals surface area contributed by atoms with Crippen molar-refractivity contribution in [2.75, 3.05) is 6.79 Å². The third kappa shape index (κ3) is 2.87. The highest BCUT2D eigenvalue weighted by atomic mass is 16.7. The molecule has 0 aromatic heterocycles. The second-order valence-electron chi connectivity index (χ2n) is 4.40. The van der Waals surface area contributed by atoms with E-state index in [1.54, 1.807) is 0 Å². The van der Waals surface area contributed by atoms with Gasteiger partial charge in [-0.3, -0.25) is 4.79 Å². The zero-order chi connectivity index (χ0) is 12.3. The van der Waals surface area contributed by atoms with Crippen molar-refractivity contribution in [1.29, 1.82) is 0 Å². The Hall–Kier alpha value is -1.77. The molecule has 0 N–H and O–H groups in total. The first-order valence-corrected chi connectivity index (χ1v) is 5.71. The first-order valence-electron chi connectivity index (χ1n) is 5.71. The normalized spacial score (nSPS) is 15.8. The van der Waals surface area contributed by atoms with Gasteiger partial charge in [-0.05, 0) is 42.5 Å². The molecule has 17 heavy (non-hydrogen) atoms. The van der Waals surface area contributed by atoms with Crippen molar-refractivity contribution >= 4 is 6.29 Å². The Kier molecular flexibility index (Phi) is 3.47. The standard InChI is InChI=1S/C14H16O3/c1-10(5-11(2)8-15)6-12-3-4-13-14(7-12)17-9-16-13/h3-5,7-8,10H,6,9H2,1-2H3/b11-5+. The van der Waals surface area contributed by atoms with E-state index in [2.05, 4.69) is 6.92 Å². The van der Waals surface area contributed by atoms with Gasteiger partial charge in [0.1, 0.15) is 6.29 Å². The van der Waals surface area contributed by atoms with E-state index in [0.29, 0.717) is 12.7 Å². The molecule has 0 spiro atoms. The third-order valence-electron chi connectivity index (χ3n) is 2.73. The topological polar surface area (TPSA) is 35.5 Å². The Balaban J connectivity index is 2.06. The maximum Gasteiger partial charge on any atom is 0.231 e. The van der Waals surface area contributed by atoms with Gasteiger partial charge in [0.15, 0.2) is 11.5 Å². The van der Waals surface area contributed by atoms with E-state index in [0.717, 1.165) is 29.8 Å². The van der Waals surface area contributed by atoms with Crippen LogP contribution in [0.25, 0.3) is 0 Å². The van der Waals surface area contributed by atoms with Crippen LogP contribution in [0.15, 0.2) is 29.8 Å². The molecule has 0 amide bonds. The monoisotopic (exact) mass is 232 g/mol. The van der Waals surface area contributed by atoms with Gasteiger partial charge in [-0.25, -0.2) is 0 Å². The summed E-state index contributed by atoms with van der Waals surface area (Å²) in [6, 6.07) is 5.97. The molecule has 1 aromatic rings. The number of hydrogen-bond donors (Lipinski definition) is 0. The molecule has 0 saturated heterocycles. The summed E-state index contributed by atoms with van der Waals surface area (Å²) in [4.78, 5) is 10.5. The number of allylic oxidation sites excluding steroid dienone is 2. The predicted octanol–water partition coefficient (Wildman–Crippen LogP) is 2.74. The summed E-state index contributed by atoms with van der Waals surface area (Å²) in [6.07, 6.45) is 3.76. The van der Waals surface area contributed by atoms with Crippen molar-refractivity contribution < 1.29 is 14.3 Å². The minimum absolute atomic E-state index is 0.304. The van der Waals surface area contributed by atoms with Gasteiger partial charge >= 0.3 is 0 Å². The van der Waals surface area contributed by atoms with Crippen molar-refractivity contribution in [2.24, 2.45) is 5.92 Å². The van der Waals surface area contributed by atoms with Crippen LogP contribution >= 0.6 is 0 Å². The molecule has 3 nitrogen and oxygen atoms in total. The maximum atomic E-state index is 10.5. The van der Waals surface area contributed by atoms with Crippen molar-refractivity contribution in [2.45, 2.75) is 20.3 Å². The summed E-state index contributed by atoms with van der Waals surface area (Å²) in [5.41, 5.74) is 1.97. The summed E-state index contributed by atoms with van der Waals surface area (Å²) in [5.74, 6) is 1.95. The molecule has 1 atom stereocenters. The quantitative estimate of drug-likeness (QED) is 0.591. The lowest BCUT2D eigenvalue weighted by molar-refractivity contribution is -0.104. The average molecular weight is 232 g/mol. The summed E-state index contributed by atoms with van der Waals surface area (Å²) in [7, 11) is 0. The molecular weight excluding hydrogens is 216 g/mol. The number of aldehydes is 1. The molecule has 3 heteroatoms. The van der Waals surface area contributed by atoms with Gasteiger partial charge < -0.3 is 9.47 Å². The van der Waals surface area contributed by atoms with E-state index < -0.39 is 0 Å². The minimum atomic E-state index is 0.304. The first-order chi connectivity index (χ1) is 8.19. The largest absolute Gasteiger partial charge is 0.454 e. The van der Waals surface area contributed by atoms with Gasteiger partial charge in [0, 0.05) is 0 Å². The van der Waals surface area contributed by atoms with Crippen LogP contribution < -0.4 is 9.47 Å². The molecule has 1 heterocycles. The summed E-state index contributed by atoms with van der Waals surface area (Å²) >= 11 is 0. The molecule has 90 valence electrons. The zero-order valence-corrected chi connectivity index (χ0v) is 10.1. The highest BCUT2D eigenvalue weighted by Crippen LogP contribution is 2.33. The van der Waals surface area contributed by atoms with E-state index in [4.69, 9.17) is 9.47 Å². The highest BCUT2D eigenvalue weighted by Gasteiger charge is 2.13. The van der Waals surface area contributed by atoms with Gasteiger partial charge in [-0.2, -0.15) is 0 Å².